The first-order chi connectivity index (χ1) is 14.3. The Morgan fingerprint density at radius 2 is 1.53 bits per heavy atom. The summed E-state index contributed by atoms with van der Waals surface area (Å²) in [5.41, 5.74) is 2.28. The van der Waals surface area contributed by atoms with E-state index in [-0.39, 0.29) is 21.7 Å². The van der Waals surface area contributed by atoms with E-state index in [0.29, 0.717) is 21.3 Å². The van der Waals surface area contributed by atoms with Crippen molar-refractivity contribution in [3.63, 3.8) is 0 Å². The van der Waals surface area contributed by atoms with Crippen LogP contribution in [0.15, 0.2) is 87.1 Å². The summed E-state index contributed by atoms with van der Waals surface area (Å²) in [4.78, 5) is 4.39. The highest BCUT2D eigenvalue weighted by Crippen LogP contribution is 2.34. The molecule has 0 atom stereocenters. The first-order valence-corrected chi connectivity index (χ1v) is 11.2. The monoisotopic (exact) mass is 458 g/mol. The molecular formula is C22H16Cl2N2O3S. The first-order valence-electron chi connectivity index (χ1n) is 8.94. The van der Waals surface area contributed by atoms with E-state index in [1.165, 1.54) is 24.3 Å². The van der Waals surface area contributed by atoms with E-state index < -0.39 is 9.84 Å². The second-order valence-electron chi connectivity index (χ2n) is 6.61. The number of sulfone groups is 1. The number of hydrogen-bond acceptors (Lipinski definition) is 5. The van der Waals surface area contributed by atoms with Crippen LogP contribution in [-0.2, 0) is 9.84 Å². The Bertz CT molecular complexity index is 1300. The Balaban J connectivity index is 1.84. The SMILES string of the molecule is Cc1cccc(-c2nc(S(=O)(=O)c3ccc(Cl)cc3)c(Nc3ccc(Cl)cc3)o2)c1. The number of aryl methyl sites for hydroxylation is 1. The highest BCUT2D eigenvalue weighted by atomic mass is 35.5. The van der Waals surface area contributed by atoms with Crippen molar-refractivity contribution in [2.75, 3.05) is 5.32 Å². The summed E-state index contributed by atoms with van der Waals surface area (Å²) in [6.45, 7) is 1.94. The standard InChI is InChI=1S/C22H16Cl2N2O3S/c1-14-3-2-4-15(13-14)20-26-22(30(27,28)19-11-7-17(24)8-12-19)21(29-20)25-18-9-5-16(23)6-10-18/h2-13,25H,1H3. The topological polar surface area (TPSA) is 72.2 Å². The van der Waals surface area contributed by atoms with E-state index in [0.717, 1.165) is 5.56 Å². The number of rotatable bonds is 5. The normalized spacial score (nSPS) is 11.4. The van der Waals surface area contributed by atoms with Gasteiger partial charge < -0.3 is 9.73 Å². The number of nitrogens with one attached hydrogen (secondary N) is 1. The number of anilines is 2. The average Bonchev–Trinajstić information content (AvgIpc) is 3.15. The maximum absolute atomic E-state index is 13.3. The third-order valence-electron chi connectivity index (χ3n) is 4.34. The number of halogens is 2. The van der Waals surface area contributed by atoms with Crippen molar-refractivity contribution in [2.24, 2.45) is 0 Å². The van der Waals surface area contributed by atoms with Gasteiger partial charge in [-0.05, 0) is 67.6 Å². The molecule has 0 radical (unpaired) electrons. The van der Waals surface area contributed by atoms with Crippen LogP contribution in [0, 0.1) is 6.92 Å². The minimum Gasteiger partial charge on any atom is -0.419 e. The fourth-order valence-corrected chi connectivity index (χ4v) is 4.37. The molecule has 5 nitrogen and oxygen atoms in total. The lowest BCUT2D eigenvalue weighted by atomic mass is 10.1. The Labute approximate surface area is 184 Å². The number of oxazole rings is 1. The lowest BCUT2D eigenvalue weighted by Gasteiger charge is -2.06. The summed E-state index contributed by atoms with van der Waals surface area (Å²) in [6, 6.07) is 20.2. The molecule has 0 spiro atoms. The van der Waals surface area contributed by atoms with Gasteiger partial charge in [0.15, 0.2) is 0 Å². The van der Waals surface area contributed by atoms with Crippen LogP contribution >= 0.6 is 23.2 Å². The molecule has 3 aromatic carbocycles. The van der Waals surface area contributed by atoms with Gasteiger partial charge in [0.2, 0.25) is 26.6 Å². The maximum atomic E-state index is 13.3. The van der Waals surface area contributed by atoms with Crippen molar-refractivity contribution in [2.45, 2.75) is 16.8 Å². The molecule has 1 heterocycles. The van der Waals surface area contributed by atoms with Crippen molar-refractivity contribution in [1.29, 1.82) is 0 Å². The van der Waals surface area contributed by atoms with Crippen LogP contribution in [0.5, 0.6) is 0 Å². The third-order valence-corrected chi connectivity index (χ3v) is 6.52. The third kappa shape index (κ3) is 4.21. The van der Waals surface area contributed by atoms with E-state index in [9.17, 15) is 8.42 Å². The van der Waals surface area contributed by atoms with Crippen LogP contribution in [0.4, 0.5) is 11.6 Å². The van der Waals surface area contributed by atoms with Gasteiger partial charge in [0.05, 0.1) is 4.90 Å². The molecule has 0 bridgehead atoms. The number of nitrogens with zero attached hydrogens (tertiary/aromatic N) is 1. The van der Waals surface area contributed by atoms with Crippen LogP contribution in [0.25, 0.3) is 11.5 Å². The molecule has 0 aliphatic rings. The molecule has 152 valence electrons. The molecule has 0 saturated carbocycles. The summed E-state index contributed by atoms with van der Waals surface area (Å²) >= 11 is 11.8. The number of benzene rings is 3. The Hall–Kier alpha value is -2.80. The number of aromatic nitrogens is 1. The largest absolute Gasteiger partial charge is 0.419 e. The van der Waals surface area contributed by atoms with Crippen LogP contribution in [-0.4, -0.2) is 13.4 Å². The van der Waals surface area contributed by atoms with Crippen molar-refractivity contribution >= 4 is 44.6 Å². The van der Waals surface area contributed by atoms with Crippen molar-refractivity contribution in [3.8, 4) is 11.5 Å². The van der Waals surface area contributed by atoms with Crippen LogP contribution in [0.1, 0.15) is 5.56 Å². The quantitative estimate of drug-likeness (QED) is 0.367. The zero-order valence-electron chi connectivity index (χ0n) is 15.8. The van der Waals surface area contributed by atoms with Crippen LogP contribution in [0.3, 0.4) is 0 Å². The highest BCUT2D eigenvalue weighted by molar-refractivity contribution is 7.91. The van der Waals surface area contributed by atoms with Gasteiger partial charge in [-0.1, -0.05) is 40.9 Å². The second kappa shape index (κ2) is 8.14. The molecule has 0 amide bonds. The predicted molar refractivity (Wildman–Crippen MR) is 118 cm³/mol. The fraction of sp³-hybridized carbons (Fsp3) is 0.0455. The lowest BCUT2D eigenvalue weighted by Crippen LogP contribution is -2.05. The second-order valence-corrected chi connectivity index (χ2v) is 9.35. The molecule has 1 N–H and O–H groups in total. The van der Waals surface area contributed by atoms with Gasteiger partial charge in [-0.3, -0.25) is 0 Å². The molecule has 0 fully saturated rings. The minimum absolute atomic E-state index is 0.0174. The summed E-state index contributed by atoms with van der Waals surface area (Å²) < 4.78 is 32.5. The molecule has 0 saturated heterocycles. The van der Waals surface area contributed by atoms with Gasteiger partial charge in [0.1, 0.15) is 0 Å². The van der Waals surface area contributed by atoms with E-state index in [1.807, 2.05) is 31.2 Å². The Morgan fingerprint density at radius 1 is 0.900 bits per heavy atom. The van der Waals surface area contributed by atoms with Gasteiger partial charge >= 0.3 is 0 Å². The molecule has 0 aliphatic heterocycles. The van der Waals surface area contributed by atoms with Crippen molar-refractivity contribution < 1.29 is 12.8 Å². The molecule has 1 aromatic heterocycles. The molecule has 8 heteroatoms. The molecule has 4 aromatic rings. The van der Waals surface area contributed by atoms with Crippen LogP contribution < -0.4 is 5.32 Å². The van der Waals surface area contributed by atoms with E-state index in [4.69, 9.17) is 27.6 Å². The van der Waals surface area contributed by atoms with Gasteiger partial charge in [-0.15, -0.1) is 0 Å². The van der Waals surface area contributed by atoms with Gasteiger partial charge in [-0.2, -0.15) is 4.98 Å². The Morgan fingerprint density at radius 3 is 2.17 bits per heavy atom. The highest BCUT2D eigenvalue weighted by Gasteiger charge is 2.28. The Kier molecular flexibility index (Phi) is 5.56. The first kappa shape index (κ1) is 20.5. The molecular weight excluding hydrogens is 443 g/mol. The van der Waals surface area contributed by atoms with Crippen LogP contribution in [0.2, 0.25) is 10.0 Å². The number of hydrogen-bond donors (Lipinski definition) is 1. The average molecular weight is 459 g/mol. The van der Waals surface area contributed by atoms with Gasteiger partial charge in [0, 0.05) is 21.3 Å². The molecule has 4 rings (SSSR count). The van der Waals surface area contributed by atoms with Gasteiger partial charge in [-0.25, -0.2) is 8.42 Å². The van der Waals surface area contributed by atoms with E-state index in [1.54, 1.807) is 24.3 Å². The summed E-state index contributed by atoms with van der Waals surface area (Å²) in [5, 5.41) is 3.79. The van der Waals surface area contributed by atoms with E-state index in [2.05, 4.69) is 10.3 Å². The predicted octanol–water partition coefficient (Wildman–Crippen LogP) is 6.53. The minimum atomic E-state index is -3.96. The van der Waals surface area contributed by atoms with Gasteiger partial charge in [0.25, 0.3) is 0 Å². The van der Waals surface area contributed by atoms with E-state index >= 15 is 0 Å². The molecule has 0 aliphatic carbocycles. The zero-order chi connectivity index (χ0) is 21.3. The zero-order valence-corrected chi connectivity index (χ0v) is 18.1. The summed E-state index contributed by atoms with van der Waals surface area (Å²) in [6.07, 6.45) is 0. The molecule has 30 heavy (non-hydrogen) atoms. The smallest absolute Gasteiger partial charge is 0.238 e. The maximum Gasteiger partial charge on any atom is 0.238 e. The van der Waals surface area contributed by atoms with Crippen molar-refractivity contribution in [3.05, 3.63) is 88.4 Å². The lowest BCUT2D eigenvalue weighted by molar-refractivity contribution is 0.582. The molecule has 0 unspecified atom stereocenters. The fourth-order valence-electron chi connectivity index (χ4n) is 2.86. The summed E-state index contributed by atoms with van der Waals surface area (Å²) in [5.74, 6) is 0.214. The summed E-state index contributed by atoms with van der Waals surface area (Å²) in [7, 11) is -3.96. The van der Waals surface area contributed by atoms with Crippen molar-refractivity contribution in [1.82, 2.24) is 4.98 Å².